The molecule has 0 aliphatic carbocycles. The van der Waals surface area contributed by atoms with Crippen molar-refractivity contribution in [2.24, 2.45) is 5.84 Å². The Hall–Kier alpha value is -2.74. The first-order valence-electron chi connectivity index (χ1n) is 5.79. The fourth-order valence-electron chi connectivity index (χ4n) is 1.78. The Labute approximate surface area is 113 Å². The zero-order valence-corrected chi connectivity index (χ0v) is 10.5. The molecule has 0 bridgehead atoms. The molecule has 102 valence electrons. The van der Waals surface area contributed by atoms with Gasteiger partial charge >= 0.3 is 0 Å². The predicted octanol–water partition coefficient (Wildman–Crippen LogP) is 1.88. The molecule has 0 aliphatic rings. The number of halogens is 1. The van der Waals surface area contributed by atoms with Crippen molar-refractivity contribution in [3.8, 4) is 11.6 Å². The van der Waals surface area contributed by atoms with Crippen molar-refractivity contribution in [3.63, 3.8) is 0 Å². The fourth-order valence-corrected chi connectivity index (χ4v) is 1.78. The number of H-pyrrole nitrogens is 1. The van der Waals surface area contributed by atoms with Gasteiger partial charge < -0.3 is 4.74 Å². The molecule has 8 heteroatoms. The zero-order chi connectivity index (χ0) is 14.1. The first kappa shape index (κ1) is 12.3. The van der Waals surface area contributed by atoms with Crippen LogP contribution in [0.15, 0.2) is 24.4 Å². The Morgan fingerprint density at radius 2 is 2.20 bits per heavy atom. The van der Waals surface area contributed by atoms with Gasteiger partial charge in [-0.1, -0.05) is 0 Å². The largest absolute Gasteiger partial charge is 0.438 e. The van der Waals surface area contributed by atoms with E-state index in [1.165, 1.54) is 18.2 Å². The Morgan fingerprint density at radius 3 is 2.95 bits per heavy atom. The van der Waals surface area contributed by atoms with E-state index in [-0.39, 0.29) is 17.6 Å². The summed E-state index contributed by atoms with van der Waals surface area (Å²) in [6, 6.07) is 4.23. The summed E-state index contributed by atoms with van der Waals surface area (Å²) >= 11 is 0. The molecule has 3 aromatic rings. The smallest absolute Gasteiger partial charge is 0.242 e. The van der Waals surface area contributed by atoms with Crippen molar-refractivity contribution in [1.29, 1.82) is 0 Å². The van der Waals surface area contributed by atoms with Gasteiger partial charge in [0.2, 0.25) is 11.8 Å². The molecule has 3 rings (SSSR count). The third-order valence-electron chi connectivity index (χ3n) is 2.75. The van der Waals surface area contributed by atoms with Crippen LogP contribution in [0.1, 0.15) is 5.56 Å². The summed E-state index contributed by atoms with van der Waals surface area (Å²) in [6.07, 6.45) is 1.55. The van der Waals surface area contributed by atoms with E-state index < -0.39 is 0 Å². The molecule has 0 amide bonds. The molecular formula is C12H11FN6O. The highest BCUT2D eigenvalue weighted by Crippen LogP contribution is 2.29. The van der Waals surface area contributed by atoms with Gasteiger partial charge in [0.25, 0.3) is 0 Å². The van der Waals surface area contributed by atoms with Gasteiger partial charge in [0.05, 0.1) is 6.20 Å². The van der Waals surface area contributed by atoms with Crippen LogP contribution >= 0.6 is 0 Å². The number of anilines is 1. The highest BCUT2D eigenvalue weighted by atomic mass is 19.1. The van der Waals surface area contributed by atoms with Crippen LogP contribution in [-0.4, -0.2) is 20.2 Å². The molecule has 2 aromatic heterocycles. The van der Waals surface area contributed by atoms with Crippen molar-refractivity contribution in [2.75, 3.05) is 5.43 Å². The number of aryl methyl sites for hydroxylation is 1. The van der Waals surface area contributed by atoms with Crippen molar-refractivity contribution >= 4 is 17.0 Å². The number of nitrogens with zero attached hydrogens (tertiary/aromatic N) is 3. The number of aromatic amines is 1. The number of nitrogen functional groups attached to an aromatic ring is 1. The van der Waals surface area contributed by atoms with Gasteiger partial charge in [-0.05, 0) is 30.7 Å². The number of hydrogen-bond acceptors (Lipinski definition) is 6. The normalized spacial score (nSPS) is 10.8. The van der Waals surface area contributed by atoms with Crippen LogP contribution < -0.4 is 16.0 Å². The number of hydrogen-bond donors (Lipinski definition) is 3. The number of nitrogens with one attached hydrogen (secondary N) is 2. The molecule has 2 heterocycles. The van der Waals surface area contributed by atoms with Gasteiger partial charge in [0.15, 0.2) is 5.65 Å². The molecule has 0 radical (unpaired) electrons. The number of hydrazine groups is 1. The number of rotatable bonds is 3. The van der Waals surface area contributed by atoms with E-state index in [1.807, 2.05) is 0 Å². The Balaban J connectivity index is 2.07. The highest BCUT2D eigenvalue weighted by Gasteiger charge is 2.12. The lowest BCUT2D eigenvalue weighted by atomic mass is 10.2. The lowest BCUT2D eigenvalue weighted by Crippen LogP contribution is -2.11. The van der Waals surface area contributed by atoms with Gasteiger partial charge in [0.1, 0.15) is 17.0 Å². The molecule has 20 heavy (non-hydrogen) atoms. The summed E-state index contributed by atoms with van der Waals surface area (Å²) in [5.74, 6) is 5.95. The lowest BCUT2D eigenvalue weighted by Gasteiger charge is -2.09. The molecule has 0 fully saturated rings. The van der Waals surface area contributed by atoms with E-state index in [9.17, 15) is 4.39 Å². The summed E-state index contributed by atoms with van der Waals surface area (Å²) < 4.78 is 18.8. The minimum Gasteiger partial charge on any atom is -0.438 e. The van der Waals surface area contributed by atoms with Crippen LogP contribution in [0, 0.1) is 12.7 Å². The Bertz CT molecular complexity index is 772. The second kappa shape index (κ2) is 4.74. The summed E-state index contributed by atoms with van der Waals surface area (Å²) in [5.41, 5.74) is 3.49. The van der Waals surface area contributed by atoms with Gasteiger partial charge in [0, 0.05) is 0 Å². The fraction of sp³-hybridized carbons (Fsp3) is 0.0833. The number of ether oxygens (including phenoxy) is 1. The number of aromatic nitrogens is 4. The monoisotopic (exact) mass is 274 g/mol. The third kappa shape index (κ3) is 2.12. The maximum absolute atomic E-state index is 13.1. The molecule has 0 spiro atoms. The second-order valence-electron chi connectivity index (χ2n) is 4.14. The quantitative estimate of drug-likeness (QED) is 0.498. The van der Waals surface area contributed by atoms with E-state index in [0.29, 0.717) is 22.3 Å². The van der Waals surface area contributed by atoms with Crippen LogP contribution in [-0.2, 0) is 0 Å². The number of fused-ring (bicyclic) bond motifs is 1. The maximum Gasteiger partial charge on any atom is 0.242 e. The Morgan fingerprint density at radius 1 is 1.35 bits per heavy atom. The maximum atomic E-state index is 13.1. The Kier molecular flexibility index (Phi) is 2.92. The van der Waals surface area contributed by atoms with Crippen LogP contribution in [0.2, 0.25) is 0 Å². The van der Waals surface area contributed by atoms with Crippen molar-refractivity contribution in [3.05, 3.63) is 35.8 Å². The predicted molar refractivity (Wildman–Crippen MR) is 70.7 cm³/mol. The van der Waals surface area contributed by atoms with E-state index in [0.717, 1.165) is 0 Å². The molecule has 0 aliphatic heterocycles. The SMILES string of the molecule is Cc1cc(F)ccc1Oc1nc(NN)nc2[nH]ncc12. The van der Waals surface area contributed by atoms with Gasteiger partial charge in [-0.15, -0.1) is 0 Å². The zero-order valence-electron chi connectivity index (χ0n) is 10.5. The summed E-state index contributed by atoms with van der Waals surface area (Å²) in [7, 11) is 0. The van der Waals surface area contributed by atoms with Crippen LogP contribution in [0.25, 0.3) is 11.0 Å². The van der Waals surface area contributed by atoms with Crippen LogP contribution in [0.4, 0.5) is 10.3 Å². The van der Waals surface area contributed by atoms with E-state index >= 15 is 0 Å². The summed E-state index contributed by atoms with van der Waals surface area (Å²) in [4.78, 5) is 8.21. The third-order valence-corrected chi connectivity index (χ3v) is 2.75. The standard InChI is InChI=1S/C12H11FN6O/c1-6-4-7(13)2-3-9(6)20-11-8-5-15-19-10(8)16-12(17-11)18-14/h2-5H,14H2,1H3,(H2,15,16,17,18,19). The van der Waals surface area contributed by atoms with Gasteiger partial charge in [-0.25, -0.2) is 10.2 Å². The number of benzene rings is 1. The molecule has 0 unspecified atom stereocenters. The average molecular weight is 274 g/mol. The minimum absolute atomic E-state index is 0.191. The van der Waals surface area contributed by atoms with Gasteiger partial charge in [-0.3, -0.25) is 10.5 Å². The first-order valence-corrected chi connectivity index (χ1v) is 5.79. The molecule has 7 nitrogen and oxygen atoms in total. The minimum atomic E-state index is -0.324. The van der Waals surface area contributed by atoms with Crippen LogP contribution in [0.5, 0.6) is 11.6 Å². The molecule has 0 saturated carbocycles. The second-order valence-corrected chi connectivity index (χ2v) is 4.14. The van der Waals surface area contributed by atoms with Crippen LogP contribution in [0.3, 0.4) is 0 Å². The molecule has 1 aromatic carbocycles. The lowest BCUT2D eigenvalue weighted by molar-refractivity contribution is 0.463. The van der Waals surface area contributed by atoms with Crippen molar-refractivity contribution in [1.82, 2.24) is 20.2 Å². The van der Waals surface area contributed by atoms with Gasteiger partial charge in [-0.2, -0.15) is 15.1 Å². The van der Waals surface area contributed by atoms with E-state index in [4.69, 9.17) is 10.6 Å². The topological polar surface area (TPSA) is 102 Å². The first-order chi connectivity index (χ1) is 9.67. The highest BCUT2D eigenvalue weighted by molar-refractivity contribution is 5.80. The average Bonchev–Trinajstić information content (AvgIpc) is 2.90. The van der Waals surface area contributed by atoms with E-state index in [2.05, 4.69) is 25.6 Å². The summed E-state index contributed by atoms with van der Waals surface area (Å²) in [5, 5.41) is 7.19. The number of nitrogens with two attached hydrogens (primary N) is 1. The van der Waals surface area contributed by atoms with Crippen molar-refractivity contribution < 1.29 is 9.13 Å². The molecular weight excluding hydrogens is 263 g/mol. The van der Waals surface area contributed by atoms with Crippen molar-refractivity contribution in [2.45, 2.75) is 6.92 Å². The molecule has 4 N–H and O–H groups in total. The molecule has 0 saturated heterocycles. The summed E-state index contributed by atoms with van der Waals surface area (Å²) in [6.45, 7) is 1.74. The van der Waals surface area contributed by atoms with E-state index in [1.54, 1.807) is 13.1 Å². The molecule has 0 atom stereocenters.